The molecule has 33 heavy (non-hydrogen) atoms. The highest BCUT2D eigenvalue weighted by Gasteiger charge is 2.49. The molecule has 3 rings (SSSR count). The Morgan fingerprint density at radius 3 is 2.48 bits per heavy atom. The standard InChI is InChI=1S/C18H28N4O10S/c1-18(2,3)31-17(26)20-8-4-5-13(20)15(24)19-30-10-14(23)12-7-6-11-9-21(12)16(25)22(11)32-33(27,28)29/h11-13H,4-10H2,1-3H3,(H,19,24)(H,27,28,29)/t11-,12+,13+/m1/s1. The van der Waals surface area contributed by atoms with Crippen LogP contribution in [0.5, 0.6) is 0 Å². The summed E-state index contributed by atoms with van der Waals surface area (Å²) in [6.07, 6.45) is 0.911. The number of amides is 4. The molecule has 3 heterocycles. The molecular formula is C18H28N4O10S. The maximum absolute atomic E-state index is 12.6. The van der Waals surface area contributed by atoms with E-state index in [0.717, 1.165) is 4.90 Å². The van der Waals surface area contributed by atoms with E-state index >= 15 is 0 Å². The van der Waals surface area contributed by atoms with Crippen molar-refractivity contribution >= 4 is 34.2 Å². The normalized spacial score (nSPS) is 25.4. The smallest absolute Gasteiger partial charge is 0.418 e. The summed E-state index contributed by atoms with van der Waals surface area (Å²) in [6, 6.07) is -3.18. The second-order valence-electron chi connectivity index (χ2n) is 9.06. The van der Waals surface area contributed by atoms with Gasteiger partial charge in [0.05, 0.1) is 12.1 Å². The van der Waals surface area contributed by atoms with Crippen LogP contribution in [0.15, 0.2) is 0 Å². The number of hydrogen-bond donors (Lipinski definition) is 2. The molecule has 3 aliphatic heterocycles. The maximum Gasteiger partial charge on any atom is 0.418 e. The highest BCUT2D eigenvalue weighted by molar-refractivity contribution is 7.80. The molecule has 0 spiro atoms. The lowest BCUT2D eigenvalue weighted by Gasteiger charge is -2.29. The third-order valence-corrected chi connectivity index (χ3v) is 5.79. The Kier molecular flexibility index (Phi) is 7.16. The number of fused-ring (bicyclic) bond motifs is 2. The van der Waals surface area contributed by atoms with Crippen molar-refractivity contribution in [3.8, 4) is 0 Å². The summed E-state index contributed by atoms with van der Waals surface area (Å²) in [4.78, 5) is 57.2. The maximum atomic E-state index is 12.6. The Labute approximate surface area is 190 Å². The van der Waals surface area contributed by atoms with Gasteiger partial charge in [0, 0.05) is 13.1 Å². The fourth-order valence-electron chi connectivity index (χ4n) is 4.09. The first kappa shape index (κ1) is 25.1. The molecule has 186 valence electrons. The Morgan fingerprint density at radius 1 is 1.15 bits per heavy atom. The molecule has 0 unspecified atom stereocenters. The second kappa shape index (κ2) is 9.40. The molecule has 3 atom stereocenters. The number of nitrogens with one attached hydrogen (secondary N) is 1. The van der Waals surface area contributed by atoms with E-state index in [0.29, 0.717) is 24.4 Å². The number of rotatable bonds is 7. The molecule has 3 aliphatic rings. The molecule has 0 aromatic carbocycles. The van der Waals surface area contributed by atoms with E-state index < -0.39 is 64.5 Å². The number of carbonyl (C=O) groups is 4. The van der Waals surface area contributed by atoms with Crippen LogP contribution in [0.3, 0.4) is 0 Å². The van der Waals surface area contributed by atoms with Gasteiger partial charge in [-0.1, -0.05) is 0 Å². The van der Waals surface area contributed by atoms with Gasteiger partial charge in [-0.05, 0) is 46.5 Å². The largest absolute Gasteiger partial charge is 0.444 e. The summed E-state index contributed by atoms with van der Waals surface area (Å²) in [5.41, 5.74) is 1.47. The summed E-state index contributed by atoms with van der Waals surface area (Å²) in [5.74, 6) is -1.11. The Bertz CT molecular complexity index is 918. The zero-order chi connectivity index (χ0) is 24.6. The predicted octanol–water partition coefficient (Wildman–Crippen LogP) is 0.00580. The Balaban J connectivity index is 1.50. The first-order valence-electron chi connectivity index (χ1n) is 10.5. The molecule has 0 aromatic heterocycles. The SMILES string of the molecule is CC(C)(C)OC(=O)N1CCC[C@H]1C(=O)NOCC(=O)[C@@H]1CC[C@@H]2CN1C(=O)N2OS(=O)(=O)O. The van der Waals surface area contributed by atoms with Gasteiger partial charge in [-0.3, -0.25) is 23.9 Å². The number of ketones is 1. The number of likely N-dealkylation sites (tertiary alicyclic amines) is 1. The van der Waals surface area contributed by atoms with E-state index in [-0.39, 0.29) is 19.4 Å². The molecule has 0 saturated carbocycles. The highest BCUT2D eigenvalue weighted by atomic mass is 32.3. The third kappa shape index (κ3) is 6.10. The molecule has 14 nitrogen and oxygen atoms in total. The van der Waals surface area contributed by atoms with Gasteiger partial charge in [-0.25, -0.2) is 15.1 Å². The van der Waals surface area contributed by atoms with Crippen LogP contribution >= 0.6 is 0 Å². The minimum absolute atomic E-state index is 0.0457. The van der Waals surface area contributed by atoms with Crippen molar-refractivity contribution in [2.75, 3.05) is 19.7 Å². The van der Waals surface area contributed by atoms with Gasteiger partial charge in [0.15, 0.2) is 5.78 Å². The van der Waals surface area contributed by atoms with Crippen LogP contribution in [0.25, 0.3) is 0 Å². The van der Waals surface area contributed by atoms with Crippen LogP contribution in [0, 0.1) is 0 Å². The highest BCUT2D eigenvalue weighted by Crippen LogP contribution is 2.31. The number of piperidine rings is 1. The zero-order valence-corrected chi connectivity index (χ0v) is 19.4. The summed E-state index contributed by atoms with van der Waals surface area (Å²) >= 11 is 0. The van der Waals surface area contributed by atoms with Crippen LogP contribution in [0.4, 0.5) is 9.59 Å². The summed E-state index contributed by atoms with van der Waals surface area (Å²) in [7, 11) is -4.89. The minimum Gasteiger partial charge on any atom is -0.444 e. The van der Waals surface area contributed by atoms with Gasteiger partial charge in [0.2, 0.25) is 0 Å². The number of Topliss-reactive ketones (excluding diaryl/α,β-unsaturated/α-hetero) is 1. The van der Waals surface area contributed by atoms with Crippen molar-refractivity contribution in [1.29, 1.82) is 0 Å². The van der Waals surface area contributed by atoms with E-state index in [2.05, 4.69) is 9.76 Å². The summed E-state index contributed by atoms with van der Waals surface area (Å²) in [6.45, 7) is 5.02. The molecule has 0 aromatic rings. The second-order valence-corrected chi connectivity index (χ2v) is 10.1. The quantitative estimate of drug-likeness (QED) is 0.364. The Morgan fingerprint density at radius 2 is 1.85 bits per heavy atom. The van der Waals surface area contributed by atoms with Gasteiger partial charge >= 0.3 is 22.5 Å². The molecule has 0 radical (unpaired) electrons. The number of nitrogens with zero attached hydrogens (tertiary/aromatic N) is 3. The number of hydrogen-bond acceptors (Lipinski definition) is 9. The van der Waals surface area contributed by atoms with Crippen LogP contribution < -0.4 is 5.48 Å². The molecule has 15 heteroatoms. The van der Waals surface area contributed by atoms with Gasteiger partial charge < -0.3 is 9.64 Å². The van der Waals surface area contributed by atoms with E-state index in [9.17, 15) is 27.6 Å². The van der Waals surface area contributed by atoms with Crippen molar-refractivity contribution in [3.63, 3.8) is 0 Å². The monoisotopic (exact) mass is 492 g/mol. The minimum atomic E-state index is -4.89. The van der Waals surface area contributed by atoms with Crippen molar-refractivity contribution < 1.29 is 46.0 Å². The lowest BCUT2D eigenvalue weighted by atomic mass is 9.98. The molecule has 2 bridgehead atoms. The van der Waals surface area contributed by atoms with E-state index in [1.54, 1.807) is 20.8 Å². The molecular weight excluding hydrogens is 464 g/mol. The van der Waals surface area contributed by atoms with E-state index in [1.165, 1.54) is 4.90 Å². The lowest BCUT2D eigenvalue weighted by Crippen LogP contribution is -2.49. The van der Waals surface area contributed by atoms with Gasteiger partial charge in [0.1, 0.15) is 18.2 Å². The summed E-state index contributed by atoms with van der Waals surface area (Å²) < 4.78 is 40.3. The average Bonchev–Trinajstić information content (AvgIpc) is 3.26. The van der Waals surface area contributed by atoms with Crippen LogP contribution in [0.1, 0.15) is 46.5 Å². The van der Waals surface area contributed by atoms with Crippen LogP contribution in [-0.2, 0) is 33.8 Å². The fourth-order valence-corrected chi connectivity index (χ4v) is 4.48. The summed E-state index contributed by atoms with van der Waals surface area (Å²) in [5, 5.41) is 0.538. The topological polar surface area (TPSA) is 172 Å². The molecule has 4 amide bonds. The Hall–Kier alpha value is -2.49. The van der Waals surface area contributed by atoms with Crippen LogP contribution in [-0.4, -0.2) is 95.1 Å². The van der Waals surface area contributed by atoms with Gasteiger partial charge in [0.25, 0.3) is 5.91 Å². The molecule has 0 aliphatic carbocycles. The zero-order valence-electron chi connectivity index (χ0n) is 18.6. The van der Waals surface area contributed by atoms with Gasteiger partial charge in [-0.2, -0.15) is 13.5 Å². The first-order valence-corrected chi connectivity index (χ1v) is 11.8. The number of carbonyl (C=O) groups excluding carboxylic acids is 4. The average molecular weight is 493 g/mol. The third-order valence-electron chi connectivity index (χ3n) is 5.44. The van der Waals surface area contributed by atoms with E-state index in [4.69, 9.17) is 14.1 Å². The fraction of sp³-hybridized carbons (Fsp3) is 0.778. The first-order chi connectivity index (χ1) is 15.3. The lowest BCUT2D eigenvalue weighted by molar-refractivity contribution is -0.143. The van der Waals surface area contributed by atoms with Crippen molar-refractivity contribution in [2.24, 2.45) is 0 Å². The molecule has 3 saturated heterocycles. The van der Waals surface area contributed by atoms with Crippen molar-refractivity contribution in [3.05, 3.63) is 0 Å². The van der Waals surface area contributed by atoms with Crippen molar-refractivity contribution in [2.45, 2.75) is 70.2 Å². The van der Waals surface area contributed by atoms with Gasteiger partial charge in [-0.15, -0.1) is 4.28 Å². The van der Waals surface area contributed by atoms with Crippen molar-refractivity contribution in [1.82, 2.24) is 20.3 Å². The predicted molar refractivity (Wildman–Crippen MR) is 108 cm³/mol. The number of ether oxygens (including phenoxy) is 1. The van der Waals surface area contributed by atoms with Crippen LogP contribution in [0.2, 0.25) is 0 Å². The number of hydroxylamine groups is 3. The molecule has 2 N–H and O–H groups in total. The number of urea groups is 1. The van der Waals surface area contributed by atoms with E-state index in [1.807, 2.05) is 0 Å². The molecule has 3 fully saturated rings.